The highest BCUT2D eigenvalue weighted by atomic mass is 32.2. The predicted octanol–water partition coefficient (Wildman–Crippen LogP) is 4.20. The van der Waals surface area contributed by atoms with Crippen LogP contribution >= 0.6 is 0 Å². The van der Waals surface area contributed by atoms with Crippen LogP contribution in [0.2, 0.25) is 0 Å². The van der Waals surface area contributed by atoms with Gasteiger partial charge in [0.2, 0.25) is 0 Å². The van der Waals surface area contributed by atoms with E-state index >= 15 is 0 Å². The van der Waals surface area contributed by atoms with Crippen LogP contribution in [-0.2, 0) is 26.9 Å². The summed E-state index contributed by atoms with van der Waals surface area (Å²) in [5.41, 5.74) is 1.31. The number of sulfone groups is 1. The highest BCUT2D eigenvalue weighted by Gasteiger charge is 2.28. The third-order valence-corrected chi connectivity index (χ3v) is 6.17. The van der Waals surface area contributed by atoms with Gasteiger partial charge in [0.05, 0.1) is 28.5 Å². The second kappa shape index (κ2) is 7.65. The number of carbonyl (C=O) groups excluding carboxylic acids is 1. The monoisotopic (exact) mass is 415 g/mol. The maximum atomic E-state index is 13.1. The van der Waals surface area contributed by atoms with Crippen molar-refractivity contribution in [1.82, 2.24) is 4.57 Å². The fourth-order valence-electron chi connectivity index (χ4n) is 3.21. The van der Waals surface area contributed by atoms with Gasteiger partial charge in [0.15, 0.2) is 9.84 Å². The van der Waals surface area contributed by atoms with E-state index in [1.807, 2.05) is 6.92 Å². The molecule has 0 unspecified atom stereocenters. The van der Waals surface area contributed by atoms with E-state index in [1.165, 1.54) is 4.57 Å². The Morgan fingerprint density at radius 1 is 1.07 bits per heavy atom. The Hall–Kier alpha value is -2.64. The van der Waals surface area contributed by atoms with Crippen LogP contribution in [0.25, 0.3) is 10.9 Å². The average Bonchev–Trinajstić information content (AvgIpc) is 2.93. The van der Waals surface area contributed by atoms with E-state index in [0.717, 1.165) is 5.56 Å². The highest BCUT2D eigenvalue weighted by molar-refractivity contribution is 7.90. The van der Waals surface area contributed by atoms with Crippen molar-refractivity contribution in [1.29, 1.82) is 0 Å². The van der Waals surface area contributed by atoms with Gasteiger partial charge in [-0.2, -0.15) is 0 Å². The van der Waals surface area contributed by atoms with Crippen molar-refractivity contribution >= 4 is 26.8 Å². The molecule has 1 heterocycles. The average molecular weight is 416 g/mol. The summed E-state index contributed by atoms with van der Waals surface area (Å²) in [6.07, 6.45) is -0.678. The van der Waals surface area contributed by atoms with Gasteiger partial charge in [-0.25, -0.2) is 17.8 Å². The number of rotatable bonds is 4. The number of aryl methyl sites for hydroxylation is 1. The maximum Gasteiger partial charge on any atom is 0.419 e. The first-order valence-corrected chi connectivity index (χ1v) is 10.9. The standard InChI is InChI=1S/C22H25NO5S/c1-15-9-11-16(12-10-15)29(26,27)14-20-18(13-24)17-7-5-6-8-19(17)23(20)21(25)28-22(2,3)4/h5-12,24H,13-14H2,1-4H3. The first-order chi connectivity index (χ1) is 13.5. The number of aliphatic hydroxyl groups excluding tert-OH is 1. The quantitative estimate of drug-likeness (QED) is 0.690. The zero-order valence-corrected chi connectivity index (χ0v) is 17.8. The molecule has 6 nitrogen and oxygen atoms in total. The van der Waals surface area contributed by atoms with Crippen molar-refractivity contribution in [3.8, 4) is 0 Å². The summed E-state index contributed by atoms with van der Waals surface area (Å²) in [6.45, 7) is 6.71. The fourth-order valence-corrected chi connectivity index (χ4v) is 4.59. The van der Waals surface area contributed by atoms with Gasteiger partial charge >= 0.3 is 6.09 Å². The smallest absolute Gasteiger partial charge is 0.419 e. The van der Waals surface area contributed by atoms with Crippen molar-refractivity contribution in [2.24, 2.45) is 0 Å². The van der Waals surface area contributed by atoms with E-state index in [9.17, 15) is 18.3 Å². The topological polar surface area (TPSA) is 85.6 Å². The molecule has 7 heteroatoms. The largest absolute Gasteiger partial charge is 0.443 e. The molecule has 0 aliphatic heterocycles. The lowest BCUT2D eigenvalue weighted by Gasteiger charge is -2.21. The molecule has 0 saturated heterocycles. The summed E-state index contributed by atoms with van der Waals surface area (Å²) in [7, 11) is -3.75. The van der Waals surface area contributed by atoms with E-state index in [-0.39, 0.29) is 10.6 Å². The molecule has 3 aromatic rings. The van der Waals surface area contributed by atoms with Gasteiger partial charge in [0.25, 0.3) is 0 Å². The summed E-state index contributed by atoms with van der Waals surface area (Å²) >= 11 is 0. The van der Waals surface area contributed by atoms with E-state index in [2.05, 4.69) is 0 Å². The molecule has 1 N–H and O–H groups in total. The van der Waals surface area contributed by atoms with Crippen molar-refractivity contribution in [3.63, 3.8) is 0 Å². The molecular formula is C22H25NO5S. The first kappa shape index (κ1) is 21.1. The van der Waals surface area contributed by atoms with Crippen LogP contribution in [-0.4, -0.2) is 29.8 Å². The Morgan fingerprint density at radius 2 is 1.69 bits per heavy atom. The maximum absolute atomic E-state index is 13.1. The lowest BCUT2D eigenvalue weighted by molar-refractivity contribution is 0.0541. The fraction of sp³-hybridized carbons (Fsp3) is 0.318. The molecule has 0 aliphatic rings. The van der Waals surface area contributed by atoms with Gasteiger partial charge in [0, 0.05) is 10.9 Å². The predicted molar refractivity (Wildman–Crippen MR) is 112 cm³/mol. The summed E-state index contributed by atoms with van der Waals surface area (Å²) in [4.78, 5) is 13.1. The van der Waals surface area contributed by atoms with Crippen LogP contribution in [0.5, 0.6) is 0 Å². The Balaban J connectivity index is 2.19. The zero-order valence-electron chi connectivity index (χ0n) is 17.0. The van der Waals surface area contributed by atoms with E-state index in [1.54, 1.807) is 69.3 Å². The van der Waals surface area contributed by atoms with Crippen molar-refractivity contribution in [2.45, 2.75) is 50.6 Å². The molecular weight excluding hydrogens is 390 g/mol. The number of ether oxygens (including phenoxy) is 1. The summed E-state index contributed by atoms with van der Waals surface area (Å²) < 4.78 is 32.9. The number of hydrogen-bond acceptors (Lipinski definition) is 5. The van der Waals surface area contributed by atoms with Crippen molar-refractivity contribution in [2.75, 3.05) is 0 Å². The molecule has 29 heavy (non-hydrogen) atoms. The minimum atomic E-state index is -3.75. The Morgan fingerprint density at radius 3 is 2.28 bits per heavy atom. The zero-order chi connectivity index (χ0) is 21.4. The number of nitrogens with zero attached hydrogens (tertiary/aromatic N) is 1. The molecule has 154 valence electrons. The lowest BCUT2D eigenvalue weighted by Crippen LogP contribution is -2.28. The molecule has 0 spiro atoms. The normalized spacial score (nSPS) is 12.3. The van der Waals surface area contributed by atoms with Crippen LogP contribution in [0.1, 0.15) is 37.6 Å². The molecule has 0 radical (unpaired) electrons. The summed E-state index contributed by atoms with van der Waals surface area (Å²) in [5, 5.41) is 10.6. The molecule has 0 bridgehead atoms. The second-order valence-electron chi connectivity index (χ2n) is 7.99. The van der Waals surface area contributed by atoms with Crippen molar-refractivity contribution in [3.05, 3.63) is 65.4 Å². The van der Waals surface area contributed by atoms with Gasteiger partial charge in [-0.05, 0) is 45.9 Å². The lowest BCUT2D eigenvalue weighted by atomic mass is 10.1. The van der Waals surface area contributed by atoms with Gasteiger partial charge < -0.3 is 9.84 Å². The number of carbonyl (C=O) groups is 1. The molecule has 3 rings (SSSR count). The van der Waals surface area contributed by atoms with E-state index < -0.39 is 33.9 Å². The molecule has 0 saturated carbocycles. The Kier molecular flexibility index (Phi) is 5.56. The van der Waals surface area contributed by atoms with Crippen LogP contribution in [0, 0.1) is 6.92 Å². The minimum absolute atomic E-state index is 0.160. The third-order valence-electron chi connectivity index (χ3n) is 4.53. The molecule has 0 fully saturated rings. The van der Waals surface area contributed by atoms with Crippen LogP contribution < -0.4 is 0 Å². The summed E-state index contributed by atoms with van der Waals surface area (Å²) in [5.74, 6) is -0.431. The number of aliphatic hydroxyl groups is 1. The van der Waals surface area contributed by atoms with Gasteiger partial charge in [0.1, 0.15) is 5.60 Å². The SMILES string of the molecule is Cc1ccc(S(=O)(=O)Cc2c(CO)c3ccccc3n2C(=O)OC(C)(C)C)cc1. The van der Waals surface area contributed by atoms with Crippen LogP contribution in [0.15, 0.2) is 53.4 Å². The van der Waals surface area contributed by atoms with Gasteiger partial charge in [-0.1, -0.05) is 35.9 Å². The molecule has 2 aromatic carbocycles. The van der Waals surface area contributed by atoms with Gasteiger partial charge in [-0.3, -0.25) is 0 Å². The van der Waals surface area contributed by atoms with Crippen LogP contribution in [0.3, 0.4) is 0 Å². The third kappa shape index (κ3) is 4.36. The first-order valence-electron chi connectivity index (χ1n) is 9.28. The van der Waals surface area contributed by atoms with Crippen LogP contribution in [0.4, 0.5) is 4.79 Å². The number of fused-ring (bicyclic) bond motifs is 1. The van der Waals surface area contributed by atoms with Gasteiger partial charge in [-0.15, -0.1) is 0 Å². The second-order valence-corrected chi connectivity index (χ2v) is 9.98. The highest BCUT2D eigenvalue weighted by Crippen LogP contribution is 2.30. The van der Waals surface area contributed by atoms with E-state index in [0.29, 0.717) is 16.5 Å². The minimum Gasteiger partial charge on any atom is -0.443 e. The molecule has 0 aliphatic carbocycles. The molecule has 1 aromatic heterocycles. The summed E-state index contributed by atoms with van der Waals surface area (Å²) in [6, 6.07) is 13.5. The number of aromatic nitrogens is 1. The van der Waals surface area contributed by atoms with Crippen molar-refractivity contribution < 1.29 is 23.1 Å². The van der Waals surface area contributed by atoms with E-state index in [4.69, 9.17) is 4.74 Å². The Labute approximate surface area is 170 Å². The number of benzene rings is 2. The molecule has 0 atom stereocenters. The number of para-hydroxylation sites is 1. The Bertz CT molecular complexity index is 1150. The molecule has 0 amide bonds. The number of hydrogen-bond donors (Lipinski definition) is 1.